The fraction of sp³-hybridized carbons (Fsp3) is 0.333. The van der Waals surface area contributed by atoms with Gasteiger partial charge < -0.3 is 15.0 Å². The normalized spacial score (nSPS) is 11.7. The van der Waals surface area contributed by atoms with E-state index in [9.17, 15) is 9.59 Å². The van der Waals surface area contributed by atoms with Gasteiger partial charge in [0, 0.05) is 24.0 Å². The zero-order chi connectivity index (χ0) is 26.8. The first-order chi connectivity index (χ1) is 17.8. The molecule has 1 N–H and O–H groups in total. The maximum absolute atomic E-state index is 13.7. The van der Waals surface area contributed by atoms with E-state index in [1.165, 1.54) is 5.56 Å². The summed E-state index contributed by atoms with van der Waals surface area (Å²) in [5.41, 5.74) is 3.09. The highest BCUT2D eigenvalue weighted by Crippen LogP contribution is 2.29. The number of nitrogens with zero attached hydrogens (tertiary/aromatic N) is 1. The summed E-state index contributed by atoms with van der Waals surface area (Å²) in [7, 11) is 0. The largest absolute Gasteiger partial charge is 0.483 e. The maximum atomic E-state index is 13.7. The van der Waals surface area contributed by atoms with Crippen LogP contribution in [-0.2, 0) is 22.6 Å². The molecule has 0 fully saturated rings. The summed E-state index contributed by atoms with van der Waals surface area (Å²) < 4.78 is 7.67. The molecule has 1 atom stereocenters. The number of ether oxygens (including phenoxy) is 1. The van der Waals surface area contributed by atoms with Gasteiger partial charge in [-0.1, -0.05) is 85.2 Å². The molecule has 0 spiro atoms. The van der Waals surface area contributed by atoms with E-state index >= 15 is 0 Å². The Kier molecular flexibility index (Phi) is 11.2. The third kappa shape index (κ3) is 8.71. The lowest BCUT2D eigenvalue weighted by molar-refractivity contribution is -0.142. The van der Waals surface area contributed by atoms with E-state index in [0.717, 1.165) is 26.5 Å². The topological polar surface area (TPSA) is 58.6 Å². The maximum Gasteiger partial charge on any atom is 0.261 e. The fourth-order valence-electron chi connectivity index (χ4n) is 3.97. The molecular formula is C30H34Br2N2O3. The van der Waals surface area contributed by atoms with Gasteiger partial charge in [-0.25, -0.2) is 0 Å². The van der Waals surface area contributed by atoms with E-state index < -0.39 is 6.04 Å². The number of benzene rings is 3. The minimum absolute atomic E-state index is 0.170. The number of hydrogen-bond acceptors (Lipinski definition) is 3. The molecule has 0 aromatic heterocycles. The Balaban J connectivity index is 1.89. The highest BCUT2D eigenvalue weighted by atomic mass is 79.9. The lowest BCUT2D eigenvalue weighted by atomic mass is 10.0. The van der Waals surface area contributed by atoms with E-state index in [1.54, 1.807) is 4.90 Å². The van der Waals surface area contributed by atoms with Crippen LogP contribution in [0.4, 0.5) is 0 Å². The Morgan fingerprint density at radius 2 is 1.68 bits per heavy atom. The number of amides is 2. The molecule has 5 nitrogen and oxygen atoms in total. The van der Waals surface area contributed by atoms with Gasteiger partial charge in [0.2, 0.25) is 5.91 Å². The van der Waals surface area contributed by atoms with Crippen molar-refractivity contribution in [3.05, 3.63) is 98.4 Å². The predicted octanol–water partition coefficient (Wildman–Crippen LogP) is 6.88. The minimum atomic E-state index is -0.684. The van der Waals surface area contributed by atoms with Gasteiger partial charge in [0.15, 0.2) is 6.61 Å². The Morgan fingerprint density at radius 3 is 2.32 bits per heavy atom. The Bertz CT molecular complexity index is 1180. The zero-order valence-electron chi connectivity index (χ0n) is 21.5. The molecule has 37 heavy (non-hydrogen) atoms. The van der Waals surface area contributed by atoms with Crippen LogP contribution in [0.2, 0.25) is 0 Å². The van der Waals surface area contributed by atoms with Gasteiger partial charge in [0.1, 0.15) is 11.8 Å². The fourth-order valence-corrected chi connectivity index (χ4v) is 4.93. The molecule has 0 bridgehead atoms. The SMILES string of the molecule is CCCNC(=O)C(Cc1ccccc1)N(Cc1cccc(Br)c1)C(=O)COc1ccc(C(C)C)cc1Br. The Hall–Kier alpha value is -2.64. The number of rotatable bonds is 12. The van der Waals surface area contributed by atoms with Gasteiger partial charge in [0.25, 0.3) is 5.91 Å². The van der Waals surface area contributed by atoms with Crippen LogP contribution in [0.15, 0.2) is 81.7 Å². The molecule has 0 aliphatic rings. The second kappa shape index (κ2) is 14.3. The summed E-state index contributed by atoms with van der Waals surface area (Å²) in [6, 6.07) is 22.8. The zero-order valence-corrected chi connectivity index (χ0v) is 24.7. The van der Waals surface area contributed by atoms with Crippen LogP contribution in [0.1, 0.15) is 49.8 Å². The van der Waals surface area contributed by atoms with Gasteiger partial charge >= 0.3 is 0 Å². The highest BCUT2D eigenvalue weighted by molar-refractivity contribution is 9.10. The lowest BCUT2D eigenvalue weighted by Gasteiger charge is -2.31. The first kappa shape index (κ1) is 28.9. The molecule has 0 aliphatic heterocycles. The third-order valence-electron chi connectivity index (χ3n) is 6.04. The highest BCUT2D eigenvalue weighted by Gasteiger charge is 2.30. The molecule has 196 valence electrons. The summed E-state index contributed by atoms with van der Waals surface area (Å²) in [5, 5.41) is 2.99. The summed E-state index contributed by atoms with van der Waals surface area (Å²) in [6.07, 6.45) is 1.22. The van der Waals surface area contributed by atoms with Crippen LogP contribution in [-0.4, -0.2) is 35.9 Å². The van der Waals surface area contributed by atoms with Crippen molar-refractivity contribution in [2.24, 2.45) is 0 Å². The van der Waals surface area contributed by atoms with E-state index in [4.69, 9.17) is 4.74 Å². The van der Waals surface area contributed by atoms with Crippen molar-refractivity contribution in [2.45, 2.75) is 52.1 Å². The van der Waals surface area contributed by atoms with Crippen LogP contribution in [0.25, 0.3) is 0 Å². The van der Waals surface area contributed by atoms with Crippen molar-refractivity contribution in [1.29, 1.82) is 0 Å². The first-order valence-electron chi connectivity index (χ1n) is 12.6. The molecule has 2 amide bonds. The molecule has 0 radical (unpaired) electrons. The molecule has 1 unspecified atom stereocenters. The first-order valence-corrected chi connectivity index (χ1v) is 14.1. The van der Waals surface area contributed by atoms with E-state index in [-0.39, 0.29) is 25.0 Å². The summed E-state index contributed by atoms with van der Waals surface area (Å²) in [6.45, 7) is 6.91. The number of hydrogen-bond donors (Lipinski definition) is 1. The van der Waals surface area contributed by atoms with Gasteiger partial charge in [-0.15, -0.1) is 0 Å². The number of carbonyl (C=O) groups excluding carboxylic acids is 2. The average Bonchev–Trinajstić information content (AvgIpc) is 2.89. The van der Waals surface area contributed by atoms with Crippen LogP contribution in [0, 0.1) is 0 Å². The second-order valence-corrected chi connectivity index (χ2v) is 11.1. The average molecular weight is 630 g/mol. The van der Waals surface area contributed by atoms with Crippen molar-refractivity contribution < 1.29 is 14.3 Å². The monoisotopic (exact) mass is 628 g/mol. The van der Waals surface area contributed by atoms with E-state index in [1.807, 2.05) is 79.7 Å². The summed E-state index contributed by atoms with van der Waals surface area (Å²) in [4.78, 5) is 28.7. The van der Waals surface area contributed by atoms with Crippen molar-refractivity contribution in [3.8, 4) is 5.75 Å². The third-order valence-corrected chi connectivity index (χ3v) is 7.15. The van der Waals surface area contributed by atoms with Gasteiger partial charge in [-0.05, 0) is 69.2 Å². The van der Waals surface area contributed by atoms with Crippen molar-refractivity contribution in [3.63, 3.8) is 0 Å². The van der Waals surface area contributed by atoms with E-state index in [0.29, 0.717) is 24.6 Å². The standard InChI is InChI=1S/C30H34Br2N2O3/c1-4-15-33-30(36)27(17-22-9-6-5-7-10-22)34(19-23-11-8-12-25(31)16-23)29(35)20-37-28-14-13-24(21(2)3)18-26(28)32/h5-14,16,18,21,27H,4,15,17,19-20H2,1-3H3,(H,33,36). The molecule has 0 saturated carbocycles. The number of halogens is 2. The summed E-state index contributed by atoms with van der Waals surface area (Å²) >= 11 is 7.09. The molecule has 7 heteroatoms. The van der Waals surface area contributed by atoms with Crippen molar-refractivity contribution in [2.75, 3.05) is 13.2 Å². The van der Waals surface area contributed by atoms with Gasteiger partial charge in [-0.3, -0.25) is 9.59 Å². The molecule has 3 aromatic rings. The molecule has 3 aromatic carbocycles. The quantitative estimate of drug-likeness (QED) is 0.238. The minimum Gasteiger partial charge on any atom is -0.483 e. The smallest absolute Gasteiger partial charge is 0.261 e. The molecular weight excluding hydrogens is 596 g/mol. The van der Waals surface area contributed by atoms with Crippen LogP contribution >= 0.6 is 31.9 Å². The molecule has 0 aliphatic carbocycles. The predicted molar refractivity (Wildman–Crippen MR) is 156 cm³/mol. The molecule has 0 heterocycles. The van der Waals surface area contributed by atoms with Crippen molar-refractivity contribution >= 4 is 43.7 Å². The Labute approximate surface area is 236 Å². The number of nitrogens with one attached hydrogen (secondary N) is 1. The lowest BCUT2D eigenvalue weighted by Crippen LogP contribution is -2.51. The van der Waals surface area contributed by atoms with E-state index in [2.05, 4.69) is 51.0 Å². The van der Waals surface area contributed by atoms with Crippen molar-refractivity contribution in [1.82, 2.24) is 10.2 Å². The molecule has 0 saturated heterocycles. The Morgan fingerprint density at radius 1 is 0.946 bits per heavy atom. The number of carbonyl (C=O) groups is 2. The van der Waals surface area contributed by atoms with Crippen LogP contribution in [0.3, 0.4) is 0 Å². The van der Waals surface area contributed by atoms with Crippen LogP contribution in [0.5, 0.6) is 5.75 Å². The second-order valence-electron chi connectivity index (χ2n) is 9.28. The van der Waals surface area contributed by atoms with Gasteiger partial charge in [0.05, 0.1) is 4.47 Å². The van der Waals surface area contributed by atoms with Gasteiger partial charge in [-0.2, -0.15) is 0 Å². The summed E-state index contributed by atoms with van der Waals surface area (Å²) in [5.74, 6) is 0.548. The van der Waals surface area contributed by atoms with Crippen LogP contribution < -0.4 is 10.1 Å². The molecule has 3 rings (SSSR count).